The Morgan fingerprint density at radius 3 is 1.86 bits per heavy atom. The van der Waals surface area contributed by atoms with Crippen molar-refractivity contribution in [2.45, 2.75) is 12.3 Å². The largest absolute Gasteiger partial charge is 0.349 e. The first-order valence-corrected chi connectivity index (χ1v) is 6.68. The Morgan fingerprint density at radius 2 is 1.48 bits per heavy atom. The SMILES string of the molecule is CN(C)C(=O)CC(c1cccc(F)c1)c1cccc(F)c1. The van der Waals surface area contributed by atoms with Gasteiger partial charge in [0.1, 0.15) is 11.6 Å². The van der Waals surface area contributed by atoms with Gasteiger partial charge in [-0.25, -0.2) is 8.78 Å². The van der Waals surface area contributed by atoms with Gasteiger partial charge in [0.25, 0.3) is 0 Å². The molecule has 0 aromatic heterocycles. The van der Waals surface area contributed by atoms with Crippen LogP contribution in [0.3, 0.4) is 0 Å². The summed E-state index contributed by atoms with van der Waals surface area (Å²) >= 11 is 0. The lowest BCUT2D eigenvalue weighted by Gasteiger charge is -2.20. The van der Waals surface area contributed by atoms with Crippen LogP contribution in [0.2, 0.25) is 0 Å². The van der Waals surface area contributed by atoms with E-state index >= 15 is 0 Å². The Balaban J connectivity index is 2.41. The van der Waals surface area contributed by atoms with Gasteiger partial charge in [-0.3, -0.25) is 4.79 Å². The normalized spacial score (nSPS) is 10.7. The molecule has 0 aliphatic heterocycles. The maximum atomic E-state index is 13.4. The first-order valence-electron chi connectivity index (χ1n) is 6.68. The lowest BCUT2D eigenvalue weighted by molar-refractivity contribution is -0.128. The van der Waals surface area contributed by atoms with Crippen LogP contribution in [0, 0.1) is 11.6 Å². The summed E-state index contributed by atoms with van der Waals surface area (Å²) in [5, 5.41) is 0. The molecule has 0 aliphatic carbocycles. The van der Waals surface area contributed by atoms with Gasteiger partial charge >= 0.3 is 0 Å². The standard InChI is InChI=1S/C17H17F2NO/c1-20(2)17(21)11-16(12-5-3-7-14(18)9-12)13-6-4-8-15(19)10-13/h3-10,16H,11H2,1-2H3. The summed E-state index contributed by atoms with van der Waals surface area (Å²) < 4.78 is 26.9. The van der Waals surface area contributed by atoms with Gasteiger partial charge in [-0.2, -0.15) is 0 Å². The van der Waals surface area contributed by atoms with Crippen LogP contribution in [0.4, 0.5) is 8.78 Å². The van der Waals surface area contributed by atoms with E-state index in [0.717, 1.165) is 0 Å². The highest BCUT2D eigenvalue weighted by Crippen LogP contribution is 2.29. The summed E-state index contributed by atoms with van der Waals surface area (Å²) in [5.41, 5.74) is 1.33. The van der Waals surface area contributed by atoms with Gasteiger partial charge in [-0.05, 0) is 35.4 Å². The van der Waals surface area contributed by atoms with Gasteiger partial charge in [0, 0.05) is 26.4 Å². The minimum atomic E-state index is -0.369. The van der Waals surface area contributed by atoms with E-state index in [4.69, 9.17) is 0 Å². The zero-order chi connectivity index (χ0) is 15.4. The van der Waals surface area contributed by atoms with E-state index in [-0.39, 0.29) is 29.9 Å². The summed E-state index contributed by atoms with van der Waals surface area (Å²) in [4.78, 5) is 13.5. The zero-order valence-corrected chi connectivity index (χ0v) is 12.0. The van der Waals surface area contributed by atoms with Crippen molar-refractivity contribution in [3.8, 4) is 0 Å². The van der Waals surface area contributed by atoms with Crippen LogP contribution in [0.5, 0.6) is 0 Å². The number of carbonyl (C=O) groups is 1. The monoisotopic (exact) mass is 289 g/mol. The third kappa shape index (κ3) is 3.88. The molecule has 2 aromatic carbocycles. The van der Waals surface area contributed by atoms with Gasteiger partial charge < -0.3 is 4.90 Å². The van der Waals surface area contributed by atoms with Gasteiger partial charge in [-0.15, -0.1) is 0 Å². The summed E-state index contributed by atoms with van der Waals surface area (Å²) in [6.07, 6.45) is 0.167. The van der Waals surface area contributed by atoms with Crippen molar-refractivity contribution < 1.29 is 13.6 Å². The van der Waals surface area contributed by atoms with E-state index in [1.165, 1.54) is 29.2 Å². The predicted octanol–water partition coefficient (Wildman–Crippen LogP) is 3.58. The predicted molar refractivity (Wildman–Crippen MR) is 78.0 cm³/mol. The highest BCUT2D eigenvalue weighted by molar-refractivity contribution is 5.77. The Bertz CT molecular complexity index is 595. The Morgan fingerprint density at radius 1 is 1.00 bits per heavy atom. The second-order valence-corrected chi connectivity index (χ2v) is 5.15. The fourth-order valence-corrected chi connectivity index (χ4v) is 2.23. The third-order valence-electron chi connectivity index (χ3n) is 3.38. The molecule has 1 amide bonds. The number of carbonyl (C=O) groups excluding carboxylic acids is 1. The lowest BCUT2D eigenvalue weighted by atomic mass is 9.88. The summed E-state index contributed by atoms with van der Waals surface area (Å²) in [7, 11) is 3.33. The van der Waals surface area contributed by atoms with Gasteiger partial charge in [0.15, 0.2) is 0 Å². The van der Waals surface area contributed by atoms with Gasteiger partial charge in [-0.1, -0.05) is 24.3 Å². The van der Waals surface area contributed by atoms with Crippen LogP contribution in [-0.2, 0) is 4.79 Å². The minimum absolute atomic E-state index is 0.0893. The molecule has 110 valence electrons. The molecule has 0 spiro atoms. The second kappa shape index (κ2) is 6.48. The Labute approximate surface area is 123 Å². The van der Waals surface area contributed by atoms with Crippen molar-refractivity contribution in [1.82, 2.24) is 4.90 Å². The smallest absolute Gasteiger partial charge is 0.223 e. The summed E-state index contributed by atoms with van der Waals surface area (Å²) in [5.74, 6) is -1.20. The van der Waals surface area contributed by atoms with E-state index in [1.54, 1.807) is 38.4 Å². The Hall–Kier alpha value is -2.23. The molecule has 0 radical (unpaired) electrons. The van der Waals surface area contributed by atoms with E-state index in [0.29, 0.717) is 11.1 Å². The van der Waals surface area contributed by atoms with Gasteiger partial charge in [0.2, 0.25) is 5.91 Å². The first kappa shape index (κ1) is 15.2. The second-order valence-electron chi connectivity index (χ2n) is 5.15. The molecule has 2 aromatic rings. The number of amides is 1. The van der Waals surface area contributed by atoms with Crippen molar-refractivity contribution in [2.24, 2.45) is 0 Å². The molecular weight excluding hydrogens is 272 g/mol. The Kier molecular flexibility index (Phi) is 4.68. The van der Waals surface area contributed by atoms with Crippen molar-refractivity contribution in [2.75, 3.05) is 14.1 Å². The van der Waals surface area contributed by atoms with Crippen molar-refractivity contribution in [3.63, 3.8) is 0 Å². The molecule has 0 atom stereocenters. The number of hydrogen-bond acceptors (Lipinski definition) is 1. The molecule has 0 bridgehead atoms. The van der Waals surface area contributed by atoms with Crippen molar-refractivity contribution in [3.05, 3.63) is 71.3 Å². The maximum absolute atomic E-state index is 13.4. The molecule has 0 N–H and O–H groups in total. The summed E-state index contributed by atoms with van der Waals surface area (Å²) in [6, 6.07) is 12.2. The molecule has 4 heteroatoms. The van der Waals surface area contributed by atoms with Crippen molar-refractivity contribution >= 4 is 5.91 Å². The molecule has 0 heterocycles. The van der Waals surface area contributed by atoms with Crippen LogP contribution >= 0.6 is 0 Å². The van der Waals surface area contributed by atoms with E-state index < -0.39 is 0 Å². The quantitative estimate of drug-likeness (QED) is 0.842. The van der Waals surface area contributed by atoms with Crippen LogP contribution in [0.1, 0.15) is 23.5 Å². The number of hydrogen-bond donors (Lipinski definition) is 0. The highest BCUT2D eigenvalue weighted by Gasteiger charge is 2.20. The highest BCUT2D eigenvalue weighted by atomic mass is 19.1. The van der Waals surface area contributed by atoms with E-state index in [9.17, 15) is 13.6 Å². The van der Waals surface area contributed by atoms with Crippen LogP contribution in [0.15, 0.2) is 48.5 Å². The lowest BCUT2D eigenvalue weighted by Crippen LogP contribution is -2.24. The topological polar surface area (TPSA) is 20.3 Å². The first-order chi connectivity index (χ1) is 9.97. The van der Waals surface area contributed by atoms with E-state index in [1.807, 2.05) is 0 Å². The number of nitrogens with zero attached hydrogens (tertiary/aromatic N) is 1. The maximum Gasteiger partial charge on any atom is 0.223 e. The van der Waals surface area contributed by atoms with Crippen LogP contribution in [0.25, 0.3) is 0 Å². The molecular formula is C17H17F2NO. The zero-order valence-electron chi connectivity index (χ0n) is 12.0. The molecule has 0 saturated heterocycles. The molecule has 0 saturated carbocycles. The molecule has 2 nitrogen and oxygen atoms in total. The number of benzene rings is 2. The minimum Gasteiger partial charge on any atom is -0.349 e. The van der Waals surface area contributed by atoms with Crippen LogP contribution in [-0.4, -0.2) is 24.9 Å². The van der Waals surface area contributed by atoms with Crippen LogP contribution < -0.4 is 0 Å². The fourth-order valence-electron chi connectivity index (χ4n) is 2.23. The summed E-state index contributed by atoms with van der Waals surface area (Å²) in [6.45, 7) is 0. The molecule has 2 rings (SSSR count). The van der Waals surface area contributed by atoms with Crippen molar-refractivity contribution in [1.29, 1.82) is 0 Å². The number of halogens is 2. The molecule has 0 fully saturated rings. The van der Waals surface area contributed by atoms with Gasteiger partial charge in [0.05, 0.1) is 0 Å². The molecule has 0 aliphatic rings. The number of rotatable bonds is 4. The third-order valence-corrected chi connectivity index (χ3v) is 3.38. The molecule has 0 unspecified atom stereocenters. The average Bonchev–Trinajstić information content (AvgIpc) is 2.44. The molecule has 21 heavy (non-hydrogen) atoms. The van der Waals surface area contributed by atoms with E-state index in [2.05, 4.69) is 0 Å². The average molecular weight is 289 g/mol. The fraction of sp³-hybridized carbons (Fsp3) is 0.235.